The molecular weight excluding hydrogens is 276 g/mol. The van der Waals surface area contributed by atoms with Gasteiger partial charge in [-0.25, -0.2) is 4.68 Å². The number of hydrogen-bond donors (Lipinski definition) is 2. The van der Waals surface area contributed by atoms with Gasteiger partial charge in [-0.2, -0.15) is 5.10 Å². The topological polar surface area (TPSA) is 90.0 Å². The fraction of sp³-hybridized carbons (Fsp3) is 0.231. The number of carbonyl (C=O) groups is 1. The van der Waals surface area contributed by atoms with Crippen molar-refractivity contribution in [3.05, 3.63) is 42.2 Å². The van der Waals surface area contributed by atoms with Crippen molar-refractivity contribution in [1.29, 1.82) is 0 Å². The number of nitrogens with one attached hydrogen (secondary N) is 1. The fourth-order valence-corrected chi connectivity index (χ4v) is 2.04. The van der Waals surface area contributed by atoms with Gasteiger partial charge < -0.3 is 11.1 Å². The molecule has 1 heterocycles. The van der Waals surface area contributed by atoms with Gasteiger partial charge in [0.2, 0.25) is 0 Å². The number of hydrogen-bond acceptors (Lipinski definition) is 4. The van der Waals surface area contributed by atoms with E-state index in [-0.39, 0.29) is 5.91 Å². The summed E-state index contributed by atoms with van der Waals surface area (Å²) in [6.45, 7) is 0.368. The van der Waals surface area contributed by atoms with Crippen LogP contribution in [0.3, 0.4) is 0 Å². The van der Waals surface area contributed by atoms with Crippen LogP contribution in [0.4, 0.5) is 5.69 Å². The Kier molecular flexibility index (Phi) is 4.52. The molecule has 20 heavy (non-hydrogen) atoms. The largest absolute Gasteiger partial charge is 0.399 e. The van der Waals surface area contributed by atoms with Crippen molar-refractivity contribution in [2.45, 2.75) is 0 Å². The second kappa shape index (κ2) is 6.33. The maximum atomic E-state index is 11.8. The van der Waals surface area contributed by atoms with Gasteiger partial charge in [-0.1, -0.05) is 6.07 Å². The molecule has 6 nitrogen and oxygen atoms in total. The summed E-state index contributed by atoms with van der Waals surface area (Å²) < 4.78 is 12.5. The van der Waals surface area contributed by atoms with E-state index in [0.717, 1.165) is 5.69 Å². The zero-order valence-electron chi connectivity index (χ0n) is 11.1. The molecule has 0 aliphatic heterocycles. The fourth-order valence-electron chi connectivity index (χ4n) is 1.65. The number of benzene rings is 1. The maximum Gasteiger partial charge on any atom is 0.271 e. The second-order valence-corrected chi connectivity index (χ2v) is 5.83. The number of nitrogen functional groups attached to an aromatic ring is 1. The van der Waals surface area contributed by atoms with Crippen LogP contribution in [0.5, 0.6) is 0 Å². The van der Waals surface area contributed by atoms with Gasteiger partial charge in [0.15, 0.2) is 5.69 Å². The molecule has 0 radical (unpaired) electrons. The Labute approximate surface area is 119 Å². The van der Waals surface area contributed by atoms with Gasteiger partial charge in [-0.15, -0.1) is 0 Å². The summed E-state index contributed by atoms with van der Waals surface area (Å²) in [5, 5.41) is 6.87. The van der Waals surface area contributed by atoms with Crippen LogP contribution in [-0.2, 0) is 10.8 Å². The first kappa shape index (κ1) is 14.3. The lowest BCUT2D eigenvalue weighted by Crippen LogP contribution is -2.28. The lowest BCUT2D eigenvalue weighted by atomic mass is 10.3. The molecule has 0 aliphatic rings. The highest BCUT2D eigenvalue weighted by atomic mass is 32.2. The zero-order valence-corrected chi connectivity index (χ0v) is 11.9. The van der Waals surface area contributed by atoms with E-state index in [1.54, 1.807) is 35.3 Å². The van der Waals surface area contributed by atoms with E-state index in [4.69, 9.17) is 5.73 Å². The van der Waals surface area contributed by atoms with E-state index < -0.39 is 10.8 Å². The van der Waals surface area contributed by atoms with E-state index in [1.165, 1.54) is 0 Å². The van der Waals surface area contributed by atoms with E-state index in [0.29, 0.717) is 23.7 Å². The molecule has 2 rings (SSSR count). The quantitative estimate of drug-likeness (QED) is 0.788. The molecule has 1 amide bonds. The normalized spacial score (nSPS) is 12.1. The van der Waals surface area contributed by atoms with Crippen LogP contribution in [0.25, 0.3) is 5.69 Å². The standard InChI is InChI=1S/C13H16N4O2S/c1-20(19)8-6-15-13(18)12-5-7-17(16-12)11-4-2-3-10(14)9-11/h2-5,7,9H,6,8,14H2,1H3,(H,15,18). The molecular formula is C13H16N4O2S. The maximum absolute atomic E-state index is 11.8. The Balaban J connectivity index is 2.05. The molecule has 1 aromatic heterocycles. The summed E-state index contributed by atoms with van der Waals surface area (Å²) in [6, 6.07) is 8.86. The highest BCUT2D eigenvalue weighted by Gasteiger charge is 2.09. The number of anilines is 1. The first-order chi connectivity index (χ1) is 9.56. The van der Waals surface area contributed by atoms with Crippen molar-refractivity contribution >= 4 is 22.4 Å². The smallest absolute Gasteiger partial charge is 0.271 e. The molecule has 2 aromatic rings. The number of aromatic nitrogens is 2. The van der Waals surface area contributed by atoms with Crippen molar-refractivity contribution in [2.24, 2.45) is 0 Å². The van der Waals surface area contributed by atoms with Gasteiger partial charge in [-0.3, -0.25) is 9.00 Å². The van der Waals surface area contributed by atoms with Crippen molar-refractivity contribution in [3.8, 4) is 5.69 Å². The third-order valence-corrected chi connectivity index (χ3v) is 3.41. The molecule has 1 atom stereocenters. The molecule has 106 valence electrons. The molecule has 3 N–H and O–H groups in total. The SMILES string of the molecule is CS(=O)CCNC(=O)c1ccn(-c2cccc(N)c2)n1. The summed E-state index contributed by atoms with van der Waals surface area (Å²) in [5.41, 5.74) is 7.45. The summed E-state index contributed by atoms with van der Waals surface area (Å²) in [4.78, 5) is 11.8. The molecule has 0 spiro atoms. The second-order valence-electron chi connectivity index (χ2n) is 4.27. The molecule has 0 saturated heterocycles. The van der Waals surface area contributed by atoms with Crippen LogP contribution in [0.15, 0.2) is 36.5 Å². The van der Waals surface area contributed by atoms with Crippen molar-refractivity contribution in [2.75, 3.05) is 24.3 Å². The molecule has 7 heteroatoms. The number of amides is 1. The average molecular weight is 292 g/mol. The minimum Gasteiger partial charge on any atom is -0.399 e. The first-order valence-corrected chi connectivity index (χ1v) is 7.79. The van der Waals surface area contributed by atoms with Crippen LogP contribution in [0.1, 0.15) is 10.5 Å². The molecule has 0 bridgehead atoms. The summed E-state index contributed by atoms with van der Waals surface area (Å²) in [7, 11) is -0.920. The van der Waals surface area contributed by atoms with Gasteiger partial charge in [0.1, 0.15) is 0 Å². The highest BCUT2D eigenvalue weighted by Crippen LogP contribution is 2.11. The Morgan fingerprint density at radius 3 is 2.95 bits per heavy atom. The molecule has 1 unspecified atom stereocenters. The summed E-state index contributed by atoms with van der Waals surface area (Å²) in [6.07, 6.45) is 3.29. The summed E-state index contributed by atoms with van der Waals surface area (Å²) in [5.74, 6) is 0.153. The molecule has 1 aromatic carbocycles. The Morgan fingerprint density at radius 2 is 2.25 bits per heavy atom. The van der Waals surface area contributed by atoms with Crippen molar-refractivity contribution in [1.82, 2.24) is 15.1 Å². The molecule has 0 fully saturated rings. The van der Waals surface area contributed by atoms with Crippen LogP contribution in [0, 0.1) is 0 Å². The number of nitrogens with two attached hydrogens (primary N) is 1. The minimum atomic E-state index is -0.920. The van der Waals surface area contributed by atoms with Crippen LogP contribution in [-0.4, -0.2) is 38.4 Å². The average Bonchev–Trinajstić information content (AvgIpc) is 2.87. The van der Waals surface area contributed by atoms with Gasteiger partial charge in [-0.05, 0) is 24.3 Å². The first-order valence-electron chi connectivity index (χ1n) is 6.06. The van der Waals surface area contributed by atoms with Gasteiger partial charge in [0, 0.05) is 41.2 Å². The van der Waals surface area contributed by atoms with Gasteiger partial charge in [0.25, 0.3) is 5.91 Å². The van der Waals surface area contributed by atoms with Gasteiger partial charge >= 0.3 is 0 Å². The van der Waals surface area contributed by atoms with Crippen molar-refractivity contribution < 1.29 is 9.00 Å². The molecule has 0 saturated carbocycles. The Morgan fingerprint density at radius 1 is 1.45 bits per heavy atom. The third kappa shape index (κ3) is 3.67. The monoisotopic (exact) mass is 292 g/mol. The lowest BCUT2D eigenvalue weighted by molar-refractivity contribution is 0.0951. The van der Waals surface area contributed by atoms with Crippen LogP contribution >= 0.6 is 0 Å². The van der Waals surface area contributed by atoms with E-state index in [1.807, 2.05) is 12.1 Å². The predicted molar refractivity (Wildman–Crippen MR) is 79.2 cm³/mol. The molecule has 0 aliphatic carbocycles. The number of carbonyl (C=O) groups excluding carboxylic acids is 1. The van der Waals surface area contributed by atoms with E-state index in [9.17, 15) is 9.00 Å². The predicted octanol–water partition coefficient (Wildman–Crippen LogP) is 0.563. The van der Waals surface area contributed by atoms with E-state index in [2.05, 4.69) is 10.4 Å². The van der Waals surface area contributed by atoms with Crippen LogP contribution < -0.4 is 11.1 Å². The minimum absolute atomic E-state index is 0.280. The van der Waals surface area contributed by atoms with Gasteiger partial charge in [0.05, 0.1) is 5.69 Å². The Hall–Kier alpha value is -2.15. The lowest BCUT2D eigenvalue weighted by Gasteiger charge is -2.03. The number of nitrogens with zero attached hydrogens (tertiary/aromatic N) is 2. The van der Waals surface area contributed by atoms with Crippen LogP contribution in [0.2, 0.25) is 0 Å². The third-order valence-electron chi connectivity index (χ3n) is 2.63. The highest BCUT2D eigenvalue weighted by molar-refractivity contribution is 7.84. The summed E-state index contributed by atoms with van der Waals surface area (Å²) >= 11 is 0. The zero-order chi connectivity index (χ0) is 14.5. The number of rotatable bonds is 5. The van der Waals surface area contributed by atoms with E-state index >= 15 is 0 Å². The van der Waals surface area contributed by atoms with Crippen molar-refractivity contribution in [3.63, 3.8) is 0 Å². The Bertz CT molecular complexity index is 639.